The molecule has 94 valence electrons. The maximum absolute atomic E-state index is 13.2. The minimum absolute atomic E-state index is 0.153. The molecule has 0 saturated carbocycles. The van der Waals surface area contributed by atoms with Crippen molar-refractivity contribution in [3.05, 3.63) is 64.7 Å². The largest absolute Gasteiger partial charge is 0.306 e. The van der Waals surface area contributed by atoms with Crippen molar-refractivity contribution in [1.82, 2.24) is 10.3 Å². The summed E-state index contributed by atoms with van der Waals surface area (Å²) in [6.07, 6.45) is 3.55. The summed E-state index contributed by atoms with van der Waals surface area (Å²) in [5.74, 6) is -0.312. The van der Waals surface area contributed by atoms with Gasteiger partial charge in [-0.25, -0.2) is 4.39 Å². The Balaban J connectivity index is 1.99. The van der Waals surface area contributed by atoms with Crippen LogP contribution < -0.4 is 5.32 Å². The lowest BCUT2D eigenvalue weighted by atomic mass is 10.1. The normalized spacial score (nSPS) is 12.4. The van der Waals surface area contributed by atoms with Crippen LogP contribution in [0.5, 0.6) is 0 Å². The minimum atomic E-state index is -0.312. The average molecular weight is 265 g/mol. The molecule has 1 atom stereocenters. The number of rotatable bonds is 4. The summed E-state index contributed by atoms with van der Waals surface area (Å²) in [6.45, 7) is 2.60. The lowest BCUT2D eigenvalue weighted by Crippen LogP contribution is -2.18. The molecule has 4 heteroatoms. The molecule has 0 spiro atoms. The number of halogens is 2. The van der Waals surface area contributed by atoms with Crippen LogP contribution in [-0.2, 0) is 6.54 Å². The van der Waals surface area contributed by atoms with Gasteiger partial charge >= 0.3 is 0 Å². The van der Waals surface area contributed by atoms with Crippen LogP contribution in [0.2, 0.25) is 5.02 Å². The predicted octanol–water partition coefficient (Wildman–Crippen LogP) is 3.72. The van der Waals surface area contributed by atoms with Crippen LogP contribution in [0.15, 0.2) is 42.7 Å². The first-order chi connectivity index (χ1) is 8.65. The molecule has 2 nitrogen and oxygen atoms in total. The van der Waals surface area contributed by atoms with Crippen molar-refractivity contribution in [1.29, 1.82) is 0 Å². The molecule has 0 aliphatic carbocycles. The molecule has 18 heavy (non-hydrogen) atoms. The van der Waals surface area contributed by atoms with Crippen LogP contribution in [0.25, 0.3) is 0 Å². The average Bonchev–Trinajstić information content (AvgIpc) is 2.36. The van der Waals surface area contributed by atoms with Gasteiger partial charge in [0.25, 0.3) is 0 Å². The number of hydrogen-bond acceptors (Lipinski definition) is 2. The third-order valence-corrected chi connectivity index (χ3v) is 2.94. The standard InChI is InChI=1S/C14H14ClFN2/c1-10(12-3-2-4-17-9-12)18-8-11-5-13(15)7-14(16)6-11/h2-7,9-10,18H,8H2,1H3. The Morgan fingerprint density at radius 3 is 2.89 bits per heavy atom. The number of nitrogens with zero attached hydrogens (tertiary/aromatic N) is 1. The number of benzene rings is 1. The molecule has 1 unspecified atom stereocenters. The summed E-state index contributed by atoms with van der Waals surface area (Å²) in [4.78, 5) is 4.07. The zero-order valence-corrected chi connectivity index (χ0v) is 10.8. The van der Waals surface area contributed by atoms with Crippen molar-refractivity contribution in [3.63, 3.8) is 0 Å². The number of nitrogens with one attached hydrogen (secondary N) is 1. The van der Waals surface area contributed by atoms with Crippen LogP contribution in [0.4, 0.5) is 4.39 Å². The Labute approximate surface area is 111 Å². The van der Waals surface area contributed by atoms with E-state index in [4.69, 9.17) is 11.6 Å². The van der Waals surface area contributed by atoms with Gasteiger partial charge in [-0.3, -0.25) is 4.98 Å². The highest BCUT2D eigenvalue weighted by Gasteiger charge is 2.05. The number of aromatic nitrogens is 1. The monoisotopic (exact) mass is 264 g/mol. The molecule has 0 radical (unpaired) electrons. The van der Waals surface area contributed by atoms with Gasteiger partial charge in [-0.15, -0.1) is 0 Å². The van der Waals surface area contributed by atoms with Gasteiger partial charge in [0.05, 0.1) is 0 Å². The van der Waals surface area contributed by atoms with E-state index in [1.54, 1.807) is 12.3 Å². The maximum Gasteiger partial charge on any atom is 0.125 e. The fourth-order valence-corrected chi connectivity index (χ4v) is 1.98. The molecule has 1 heterocycles. The lowest BCUT2D eigenvalue weighted by molar-refractivity contribution is 0.568. The van der Waals surface area contributed by atoms with Crippen molar-refractivity contribution < 1.29 is 4.39 Å². The molecule has 2 aromatic rings. The molecule has 1 aromatic carbocycles. The van der Waals surface area contributed by atoms with E-state index in [2.05, 4.69) is 10.3 Å². The molecule has 0 aliphatic heterocycles. The van der Waals surface area contributed by atoms with Gasteiger partial charge in [-0.1, -0.05) is 17.7 Å². The smallest absolute Gasteiger partial charge is 0.125 e. The van der Waals surface area contributed by atoms with E-state index in [1.165, 1.54) is 12.1 Å². The highest BCUT2D eigenvalue weighted by molar-refractivity contribution is 6.30. The summed E-state index contributed by atoms with van der Waals surface area (Å²) >= 11 is 5.80. The van der Waals surface area contributed by atoms with E-state index in [0.717, 1.165) is 11.1 Å². The topological polar surface area (TPSA) is 24.9 Å². The summed E-state index contributed by atoms with van der Waals surface area (Å²) < 4.78 is 13.2. The first-order valence-electron chi connectivity index (χ1n) is 5.73. The van der Waals surface area contributed by atoms with Crippen LogP contribution >= 0.6 is 11.6 Å². The van der Waals surface area contributed by atoms with Crippen molar-refractivity contribution in [2.24, 2.45) is 0 Å². The molecule has 0 aliphatic rings. The molecule has 1 aromatic heterocycles. The zero-order valence-electron chi connectivity index (χ0n) is 10.0. The van der Waals surface area contributed by atoms with Crippen LogP contribution in [0.3, 0.4) is 0 Å². The SMILES string of the molecule is CC(NCc1cc(F)cc(Cl)c1)c1cccnc1. The summed E-state index contributed by atoms with van der Waals surface area (Å²) in [5.41, 5.74) is 1.93. The lowest BCUT2D eigenvalue weighted by Gasteiger charge is -2.14. The van der Waals surface area contributed by atoms with Gasteiger partial charge in [-0.2, -0.15) is 0 Å². The van der Waals surface area contributed by atoms with E-state index in [1.807, 2.05) is 25.3 Å². The van der Waals surface area contributed by atoms with Crippen molar-refractivity contribution >= 4 is 11.6 Å². The van der Waals surface area contributed by atoms with Gasteiger partial charge in [0.1, 0.15) is 5.82 Å². The van der Waals surface area contributed by atoms with Gasteiger partial charge in [0.2, 0.25) is 0 Å². The Morgan fingerprint density at radius 1 is 1.39 bits per heavy atom. The molecular formula is C14H14ClFN2. The molecule has 0 bridgehead atoms. The summed E-state index contributed by atoms with van der Waals surface area (Å²) in [7, 11) is 0. The van der Waals surface area contributed by atoms with Crippen LogP contribution in [0.1, 0.15) is 24.1 Å². The third kappa shape index (κ3) is 3.52. The molecular weight excluding hydrogens is 251 g/mol. The molecule has 0 saturated heterocycles. The third-order valence-electron chi connectivity index (χ3n) is 2.72. The van der Waals surface area contributed by atoms with E-state index < -0.39 is 0 Å². The maximum atomic E-state index is 13.2. The molecule has 0 fully saturated rings. The minimum Gasteiger partial charge on any atom is -0.306 e. The molecule has 0 amide bonds. The van der Waals surface area contributed by atoms with Crippen molar-refractivity contribution in [2.75, 3.05) is 0 Å². The highest BCUT2D eigenvalue weighted by Crippen LogP contribution is 2.16. The van der Waals surface area contributed by atoms with E-state index in [9.17, 15) is 4.39 Å². The number of hydrogen-bond donors (Lipinski definition) is 1. The Kier molecular flexibility index (Phi) is 4.28. The second-order valence-electron chi connectivity index (χ2n) is 4.17. The van der Waals surface area contributed by atoms with Gasteiger partial charge in [0, 0.05) is 30.0 Å². The Hall–Kier alpha value is -1.45. The van der Waals surface area contributed by atoms with Gasteiger partial charge in [-0.05, 0) is 42.3 Å². The number of pyridine rings is 1. The zero-order chi connectivity index (χ0) is 13.0. The van der Waals surface area contributed by atoms with Crippen molar-refractivity contribution in [2.45, 2.75) is 19.5 Å². The predicted molar refractivity (Wildman–Crippen MR) is 70.9 cm³/mol. The Morgan fingerprint density at radius 2 is 2.22 bits per heavy atom. The van der Waals surface area contributed by atoms with Crippen LogP contribution in [0, 0.1) is 5.82 Å². The Bertz CT molecular complexity index is 496. The van der Waals surface area contributed by atoms with Gasteiger partial charge in [0.15, 0.2) is 0 Å². The second kappa shape index (κ2) is 5.94. The summed E-state index contributed by atoms with van der Waals surface area (Å²) in [6, 6.07) is 8.59. The highest BCUT2D eigenvalue weighted by atomic mass is 35.5. The summed E-state index contributed by atoms with van der Waals surface area (Å²) in [5, 5.41) is 3.72. The second-order valence-corrected chi connectivity index (χ2v) is 4.60. The molecule has 1 N–H and O–H groups in total. The van der Waals surface area contributed by atoms with Crippen molar-refractivity contribution in [3.8, 4) is 0 Å². The quantitative estimate of drug-likeness (QED) is 0.910. The van der Waals surface area contributed by atoms with Gasteiger partial charge < -0.3 is 5.32 Å². The first kappa shape index (κ1) is 13.0. The fraction of sp³-hybridized carbons (Fsp3) is 0.214. The first-order valence-corrected chi connectivity index (χ1v) is 6.11. The van der Waals surface area contributed by atoms with E-state index in [-0.39, 0.29) is 11.9 Å². The fourth-order valence-electron chi connectivity index (χ4n) is 1.73. The van der Waals surface area contributed by atoms with Crippen LogP contribution in [-0.4, -0.2) is 4.98 Å². The molecule has 2 rings (SSSR count). The van der Waals surface area contributed by atoms with E-state index >= 15 is 0 Å². The van der Waals surface area contributed by atoms with E-state index in [0.29, 0.717) is 11.6 Å².